The Labute approximate surface area is 114 Å². The van der Waals surface area contributed by atoms with Crippen molar-refractivity contribution in [3.05, 3.63) is 51.7 Å². The number of primary amides is 2. The van der Waals surface area contributed by atoms with Crippen LogP contribution >= 0.6 is 11.3 Å². The van der Waals surface area contributed by atoms with E-state index in [1.165, 1.54) is 6.07 Å². The third-order valence-electron chi connectivity index (χ3n) is 2.58. The van der Waals surface area contributed by atoms with Crippen molar-refractivity contribution in [2.75, 3.05) is 5.32 Å². The molecule has 2 rings (SSSR count). The molecule has 0 fully saturated rings. The number of nitrogens with one attached hydrogen (secondary N) is 1. The Morgan fingerprint density at radius 1 is 1.11 bits per heavy atom. The molecule has 0 aliphatic rings. The van der Waals surface area contributed by atoms with E-state index in [1.54, 1.807) is 23.5 Å². The minimum Gasteiger partial charge on any atom is -0.381 e. The van der Waals surface area contributed by atoms with Gasteiger partial charge in [0.25, 0.3) is 0 Å². The predicted octanol–water partition coefficient (Wildman–Crippen LogP) is 1.56. The zero-order valence-electron chi connectivity index (χ0n) is 10.1. The molecule has 0 spiro atoms. The lowest BCUT2D eigenvalue weighted by atomic mass is 10.1. The smallest absolute Gasteiger partial charge is 0.248 e. The second-order valence-electron chi connectivity index (χ2n) is 4.01. The first-order valence-electron chi connectivity index (χ1n) is 5.56. The van der Waals surface area contributed by atoms with Crippen molar-refractivity contribution in [1.29, 1.82) is 0 Å². The van der Waals surface area contributed by atoms with Crippen LogP contribution in [0.3, 0.4) is 0 Å². The molecule has 19 heavy (non-hydrogen) atoms. The Kier molecular flexibility index (Phi) is 3.82. The van der Waals surface area contributed by atoms with E-state index in [0.29, 0.717) is 12.2 Å². The van der Waals surface area contributed by atoms with Gasteiger partial charge in [-0.3, -0.25) is 9.59 Å². The molecule has 5 nitrogen and oxygen atoms in total. The van der Waals surface area contributed by atoms with E-state index in [2.05, 4.69) is 5.32 Å². The Hall–Kier alpha value is -2.34. The maximum atomic E-state index is 11.2. The SMILES string of the molecule is NC(=O)c1cc(NCc2ccsc2)cc(C(N)=O)c1. The molecule has 5 N–H and O–H groups in total. The van der Waals surface area contributed by atoms with Gasteiger partial charge in [-0.25, -0.2) is 0 Å². The van der Waals surface area contributed by atoms with Gasteiger partial charge < -0.3 is 16.8 Å². The summed E-state index contributed by atoms with van der Waals surface area (Å²) in [5.41, 5.74) is 12.7. The van der Waals surface area contributed by atoms with E-state index in [1.807, 2.05) is 16.8 Å². The minimum atomic E-state index is -0.596. The van der Waals surface area contributed by atoms with Gasteiger partial charge in [-0.05, 0) is 40.6 Å². The maximum Gasteiger partial charge on any atom is 0.248 e. The highest BCUT2D eigenvalue weighted by Crippen LogP contribution is 2.16. The van der Waals surface area contributed by atoms with Crippen LogP contribution in [0.1, 0.15) is 26.3 Å². The number of hydrogen-bond donors (Lipinski definition) is 3. The van der Waals surface area contributed by atoms with E-state index in [9.17, 15) is 9.59 Å². The normalized spacial score (nSPS) is 10.1. The molecule has 1 heterocycles. The molecule has 0 unspecified atom stereocenters. The van der Waals surface area contributed by atoms with Crippen molar-refractivity contribution >= 4 is 28.8 Å². The number of carbonyl (C=O) groups is 2. The number of anilines is 1. The van der Waals surface area contributed by atoms with Crippen LogP contribution in [0.25, 0.3) is 0 Å². The van der Waals surface area contributed by atoms with Crippen molar-refractivity contribution in [2.24, 2.45) is 11.5 Å². The van der Waals surface area contributed by atoms with E-state index >= 15 is 0 Å². The van der Waals surface area contributed by atoms with Gasteiger partial charge in [0.05, 0.1) is 0 Å². The fraction of sp³-hybridized carbons (Fsp3) is 0.0769. The molecule has 2 amide bonds. The Morgan fingerprint density at radius 3 is 2.21 bits per heavy atom. The number of benzene rings is 1. The van der Waals surface area contributed by atoms with Gasteiger partial charge >= 0.3 is 0 Å². The van der Waals surface area contributed by atoms with Gasteiger partial charge in [0.15, 0.2) is 0 Å². The fourth-order valence-corrected chi connectivity index (χ4v) is 2.28. The number of thiophene rings is 1. The Morgan fingerprint density at radius 2 is 1.74 bits per heavy atom. The van der Waals surface area contributed by atoms with Crippen molar-refractivity contribution in [1.82, 2.24) is 0 Å². The molecule has 0 saturated carbocycles. The van der Waals surface area contributed by atoms with Gasteiger partial charge in [0, 0.05) is 23.4 Å². The Balaban J connectivity index is 2.23. The van der Waals surface area contributed by atoms with Crippen LogP contribution in [0.2, 0.25) is 0 Å². The predicted molar refractivity (Wildman–Crippen MR) is 75.1 cm³/mol. The van der Waals surface area contributed by atoms with Gasteiger partial charge in [0.2, 0.25) is 11.8 Å². The Bertz CT molecular complexity index is 576. The fourth-order valence-electron chi connectivity index (χ4n) is 1.61. The molecule has 1 aromatic heterocycles. The van der Waals surface area contributed by atoms with Crippen molar-refractivity contribution in [3.8, 4) is 0 Å². The molecule has 0 aliphatic heterocycles. The summed E-state index contributed by atoms with van der Waals surface area (Å²) < 4.78 is 0. The molecule has 1 aromatic carbocycles. The van der Waals surface area contributed by atoms with Gasteiger partial charge in [-0.2, -0.15) is 11.3 Å². The highest BCUT2D eigenvalue weighted by atomic mass is 32.1. The molecule has 0 bridgehead atoms. The largest absolute Gasteiger partial charge is 0.381 e. The van der Waals surface area contributed by atoms with Gasteiger partial charge in [-0.15, -0.1) is 0 Å². The molecule has 6 heteroatoms. The summed E-state index contributed by atoms with van der Waals surface area (Å²) >= 11 is 1.60. The summed E-state index contributed by atoms with van der Waals surface area (Å²) in [6, 6.07) is 6.58. The summed E-state index contributed by atoms with van der Waals surface area (Å²) in [5.74, 6) is -1.19. The monoisotopic (exact) mass is 275 g/mol. The second-order valence-corrected chi connectivity index (χ2v) is 4.79. The molecule has 2 aromatic rings. The van der Waals surface area contributed by atoms with Crippen molar-refractivity contribution in [3.63, 3.8) is 0 Å². The number of nitrogens with two attached hydrogens (primary N) is 2. The van der Waals surface area contributed by atoms with Crippen LogP contribution in [0.5, 0.6) is 0 Å². The molecule has 0 saturated heterocycles. The zero-order valence-corrected chi connectivity index (χ0v) is 10.9. The molecule has 98 valence electrons. The van der Waals surface area contributed by atoms with Gasteiger partial charge in [0.1, 0.15) is 0 Å². The zero-order chi connectivity index (χ0) is 13.8. The van der Waals surface area contributed by atoms with E-state index < -0.39 is 11.8 Å². The minimum absolute atomic E-state index is 0.254. The van der Waals surface area contributed by atoms with E-state index in [-0.39, 0.29) is 11.1 Å². The van der Waals surface area contributed by atoms with Crippen LogP contribution in [-0.4, -0.2) is 11.8 Å². The molecular weight excluding hydrogens is 262 g/mol. The van der Waals surface area contributed by atoms with E-state index in [4.69, 9.17) is 11.5 Å². The summed E-state index contributed by atoms with van der Waals surface area (Å²) in [7, 11) is 0. The van der Waals surface area contributed by atoms with Crippen LogP contribution in [-0.2, 0) is 6.54 Å². The van der Waals surface area contributed by atoms with E-state index in [0.717, 1.165) is 5.56 Å². The molecule has 0 radical (unpaired) electrons. The number of carbonyl (C=O) groups excluding carboxylic acids is 2. The number of amides is 2. The highest BCUT2D eigenvalue weighted by molar-refractivity contribution is 7.07. The number of hydrogen-bond acceptors (Lipinski definition) is 4. The topological polar surface area (TPSA) is 98.2 Å². The lowest BCUT2D eigenvalue weighted by Crippen LogP contribution is -2.16. The third-order valence-corrected chi connectivity index (χ3v) is 3.31. The number of rotatable bonds is 5. The molecule has 0 atom stereocenters. The standard InChI is InChI=1S/C13H13N3O2S/c14-12(17)9-3-10(13(15)18)5-11(4-9)16-6-8-1-2-19-7-8/h1-5,7,16H,6H2,(H2,14,17)(H2,15,18). The van der Waals surface area contributed by atoms with Crippen LogP contribution in [0.15, 0.2) is 35.0 Å². The average Bonchev–Trinajstić information content (AvgIpc) is 2.89. The summed E-state index contributed by atoms with van der Waals surface area (Å²) in [6.45, 7) is 0.601. The summed E-state index contributed by atoms with van der Waals surface area (Å²) in [4.78, 5) is 22.4. The quantitative estimate of drug-likeness (QED) is 0.772. The first kappa shape index (κ1) is 13.1. The summed E-state index contributed by atoms with van der Waals surface area (Å²) in [5, 5.41) is 7.12. The maximum absolute atomic E-state index is 11.2. The third kappa shape index (κ3) is 3.32. The van der Waals surface area contributed by atoms with Crippen LogP contribution in [0, 0.1) is 0 Å². The molecule has 0 aliphatic carbocycles. The van der Waals surface area contributed by atoms with Crippen molar-refractivity contribution < 1.29 is 9.59 Å². The first-order chi connectivity index (χ1) is 9.06. The summed E-state index contributed by atoms with van der Waals surface area (Å²) in [6.07, 6.45) is 0. The second kappa shape index (κ2) is 5.53. The van der Waals surface area contributed by atoms with Crippen LogP contribution < -0.4 is 16.8 Å². The van der Waals surface area contributed by atoms with Crippen LogP contribution in [0.4, 0.5) is 5.69 Å². The highest BCUT2D eigenvalue weighted by Gasteiger charge is 2.09. The molecular formula is C13H13N3O2S. The average molecular weight is 275 g/mol. The van der Waals surface area contributed by atoms with Crippen molar-refractivity contribution in [2.45, 2.75) is 6.54 Å². The lowest BCUT2D eigenvalue weighted by Gasteiger charge is -2.08. The first-order valence-corrected chi connectivity index (χ1v) is 6.50. The van der Waals surface area contributed by atoms with Gasteiger partial charge in [-0.1, -0.05) is 0 Å². The lowest BCUT2D eigenvalue weighted by molar-refractivity contribution is 0.0999.